The average molecular weight is 245 g/mol. The molecule has 0 amide bonds. The summed E-state index contributed by atoms with van der Waals surface area (Å²) in [6.45, 7) is 6.47. The molecule has 1 aromatic carbocycles. The Morgan fingerprint density at radius 2 is 1.82 bits per heavy atom. The molecule has 0 aliphatic rings. The van der Waals surface area contributed by atoms with E-state index >= 15 is 0 Å². The summed E-state index contributed by atoms with van der Waals surface area (Å²) in [5.41, 5.74) is 8.58. The minimum Gasteiger partial charge on any atom is -0.324 e. The van der Waals surface area contributed by atoms with Crippen LogP contribution in [-0.4, -0.2) is 0 Å². The van der Waals surface area contributed by atoms with Gasteiger partial charge in [-0.2, -0.15) is 0 Å². The lowest BCUT2D eigenvalue weighted by Crippen LogP contribution is -2.01. The molecule has 0 aliphatic heterocycles. The van der Waals surface area contributed by atoms with Gasteiger partial charge >= 0.3 is 0 Å². The van der Waals surface area contributed by atoms with Crippen molar-refractivity contribution in [3.8, 4) is 10.4 Å². The molecule has 2 heteroatoms. The molecule has 17 heavy (non-hydrogen) atoms. The number of hydrogen-bond donors (Lipinski definition) is 1. The smallest absolute Gasteiger partial charge is 0.0361 e. The average Bonchev–Trinajstić information content (AvgIpc) is 2.78. The minimum absolute atomic E-state index is 0.127. The van der Waals surface area contributed by atoms with E-state index in [2.05, 4.69) is 50.2 Å². The third kappa shape index (κ3) is 2.76. The van der Waals surface area contributed by atoms with Crippen LogP contribution in [0.2, 0.25) is 0 Å². The normalized spacial score (nSPS) is 13.0. The number of nitrogens with two attached hydrogens (primary N) is 1. The summed E-state index contributed by atoms with van der Waals surface area (Å²) in [6, 6.07) is 13.2. The van der Waals surface area contributed by atoms with Crippen LogP contribution in [0.25, 0.3) is 10.4 Å². The molecular formula is C15H19NS. The van der Waals surface area contributed by atoms with Gasteiger partial charge in [0.25, 0.3) is 0 Å². The fourth-order valence-electron chi connectivity index (χ4n) is 1.80. The van der Waals surface area contributed by atoms with Gasteiger partial charge in [0.2, 0.25) is 0 Å². The van der Waals surface area contributed by atoms with Gasteiger partial charge in [0.15, 0.2) is 0 Å². The maximum absolute atomic E-state index is 5.89. The van der Waals surface area contributed by atoms with Crippen molar-refractivity contribution in [3.05, 3.63) is 46.8 Å². The second-order valence-electron chi connectivity index (χ2n) is 4.77. The molecule has 0 aliphatic carbocycles. The molecule has 1 heterocycles. The number of hydrogen-bond acceptors (Lipinski definition) is 2. The standard InChI is InChI=1S/C15H19NS/c1-10(2)12-5-4-6-13(9-12)15-8-7-14(17-15)11(3)16/h4-11H,16H2,1-3H3. The van der Waals surface area contributed by atoms with Gasteiger partial charge in [-0.05, 0) is 36.1 Å². The van der Waals surface area contributed by atoms with Crippen molar-refractivity contribution >= 4 is 11.3 Å². The van der Waals surface area contributed by atoms with E-state index in [-0.39, 0.29) is 6.04 Å². The molecule has 0 spiro atoms. The Hall–Kier alpha value is -1.12. The first kappa shape index (κ1) is 12.3. The van der Waals surface area contributed by atoms with Gasteiger partial charge in [-0.1, -0.05) is 38.1 Å². The molecule has 1 nitrogen and oxygen atoms in total. The van der Waals surface area contributed by atoms with Crippen LogP contribution < -0.4 is 5.73 Å². The van der Waals surface area contributed by atoms with Gasteiger partial charge in [0, 0.05) is 15.8 Å². The first-order valence-electron chi connectivity index (χ1n) is 6.03. The summed E-state index contributed by atoms with van der Waals surface area (Å²) >= 11 is 1.79. The topological polar surface area (TPSA) is 26.0 Å². The maximum atomic E-state index is 5.89. The summed E-state index contributed by atoms with van der Waals surface area (Å²) in [5.74, 6) is 0.572. The van der Waals surface area contributed by atoms with Crippen LogP contribution in [0, 0.1) is 0 Å². The van der Waals surface area contributed by atoms with Gasteiger partial charge < -0.3 is 5.73 Å². The zero-order chi connectivity index (χ0) is 12.4. The van der Waals surface area contributed by atoms with E-state index in [1.807, 2.05) is 6.92 Å². The molecule has 2 N–H and O–H groups in total. The van der Waals surface area contributed by atoms with E-state index < -0.39 is 0 Å². The summed E-state index contributed by atoms with van der Waals surface area (Å²) < 4.78 is 0. The predicted octanol–water partition coefficient (Wildman–Crippen LogP) is 4.56. The Kier molecular flexibility index (Phi) is 3.65. The van der Waals surface area contributed by atoms with Crippen molar-refractivity contribution in [1.82, 2.24) is 0 Å². The molecule has 90 valence electrons. The second-order valence-corrected chi connectivity index (χ2v) is 5.89. The fraction of sp³-hybridized carbons (Fsp3) is 0.333. The second kappa shape index (κ2) is 5.03. The molecule has 2 rings (SSSR count). The minimum atomic E-state index is 0.127. The van der Waals surface area contributed by atoms with Crippen LogP contribution >= 0.6 is 11.3 Å². The molecule has 0 radical (unpaired) electrons. The molecule has 0 fully saturated rings. The number of benzene rings is 1. The highest BCUT2D eigenvalue weighted by molar-refractivity contribution is 7.15. The summed E-state index contributed by atoms with van der Waals surface area (Å²) in [5, 5.41) is 0. The van der Waals surface area contributed by atoms with Crippen molar-refractivity contribution in [2.45, 2.75) is 32.7 Å². The first-order valence-corrected chi connectivity index (χ1v) is 6.85. The third-order valence-electron chi connectivity index (χ3n) is 2.91. The van der Waals surface area contributed by atoms with E-state index in [9.17, 15) is 0 Å². The highest BCUT2D eigenvalue weighted by atomic mass is 32.1. The Labute approximate surface area is 107 Å². The lowest BCUT2D eigenvalue weighted by atomic mass is 10.0. The van der Waals surface area contributed by atoms with Crippen molar-refractivity contribution in [3.63, 3.8) is 0 Å². The van der Waals surface area contributed by atoms with Gasteiger partial charge in [0.05, 0.1) is 0 Å². The summed E-state index contributed by atoms with van der Waals surface area (Å²) in [6.07, 6.45) is 0. The highest BCUT2D eigenvalue weighted by Crippen LogP contribution is 2.32. The van der Waals surface area contributed by atoms with Crippen LogP contribution in [0.4, 0.5) is 0 Å². The molecule has 1 atom stereocenters. The van der Waals surface area contributed by atoms with Crippen LogP contribution in [0.5, 0.6) is 0 Å². The Balaban J connectivity index is 2.35. The predicted molar refractivity (Wildman–Crippen MR) is 76.4 cm³/mol. The van der Waals surface area contributed by atoms with E-state index in [1.165, 1.54) is 20.9 Å². The van der Waals surface area contributed by atoms with Crippen LogP contribution in [0.15, 0.2) is 36.4 Å². The van der Waals surface area contributed by atoms with E-state index in [0.29, 0.717) is 5.92 Å². The van der Waals surface area contributed by atoms with Gasteiger partial charge in [-0.25, -0.2) is 0 Å². The van der Waals surface area contributed by atoms with Crippen molar-refractivity contribution in [2.75, 3.05) is 0 Å². The first-order chi connectivity index (χ1) is 8.08. The van der Waals surface area contributed by atoms with Crippen molar-refractivity contribution < 1.29 is 0 Å². The molecular weight excluding hydrogens is 226 g/mol. The SMILES string of the molecule is CC(C)c1cccc(-c2ccc(C(C)N)s2)c1. The zero-order valence-electron chi connectivity index (χ0n) is 10.6. The Morgan fingerprint density at radius 1 is 1.06 bits per heavy atom. The molecule has 2 aromatic rings. The Morgan fingerprint density at radius 3 is 2.41 bits per heavy atom. The third-order valence-corrected chi connectivity index (χ3v) is 4.25. The largest absolute Gasteiger partial charge is 0.324 e. The fourth-order valence-corrected chi connectivity index (χ4v) is 2.76. The molecule has 1 aromatic heterocycles. The molecule has 0 saturated carbocycles. The lowest BCUT2D eigenvalue weighted by molar-refractivity contribution is 0.838. The van der Waals surface area contributed by atoms with Crippen LogP contribution in [0.1, 0.15) is 43.2 Å². The molecule has 0 saturated heterocycles. The van der Waals surface area contributed by atoms with Gasteiger partial charge in [-0.15, -0.1) is 11.3 Å². The summed E-state index contributed by atoms with van der Waals surface area (Å²) in [7, 11) is 0. The van der Waals surface area contributed by atoms with E-state index in [1.54, 1.807) is 11.3 Å². The zero-order valence-corrected chi connectivity index (χ0v) is 11.4. The van der Waals surface area contributed by atoms with Gasteiger partial charge in [0.1, 0.15) is 0 Å². The van der Waals surface area contributed by atoms with E-state index in [4.69, 9.17) is 5.73 Å². The molecule has 1 unspecified atom stereocenters. The lowest BCUT2D eigenvalue weighted by Gasteiger charge is -2.07. The Bertz CT molecular complexity index is 497. The highest BCUT2D eigenvalue weighted by Gasteiger charge is 2.07. The van der Waals surface area contributed by atoms with Crippen LogP contribution in [-0.2, 0) is 0 Å². The molecule has 0 bridgehead atoms. The summed E-state index contributed by atoms with van der Waals surface area (Å²) in [4.78, 5) is 2.55. The van der Waals surface area contributed by atoms with Crippen molar-refractivity contribution in [1.29, 1.82) is 0 Å². The quantitative estimate of drug-likeness (QED) is 0.843. The van der Waals surface area contributed by atoms with Crippen molar-refractivity contribution in [2.24, 2.45) is 5.73 Å². The van der Waals surface area contributed by atoms with Gasteiger partial charge in [-0.3, -0.25) is 0 Å². The number of rotatable bonds is 3. The maximum Gasteiger partial charge on any atom is 0.0361 e. The monoisotopic (exact) mass is 245 g/mol. The van der Waals surface area contributed by atoms with E-state index in [0.717, 1.165) is 0 Å². The number of thiophene rings is 1. The van der Waals surface area contributed by atoms with Crippen LogP contribution in [0.3, 0.4) is 0 Å².